The van der Waals surface area contributed by atoms with E-state index in [0.717, 1.165) is 33.9 Å². The molecule has 0 fully saturated rings. The molecule has 10 aromatic rings. The molecule has 0 unspecified atom stereocenters. The zero-order chi connectivity index (χ0) is 31.8. The van der Waals surface area contributed by atoms with Crippen molar-refractivity contribution in [3.63, 3.8) is 0 Å². The maximum atomic E-state index is 6.88. The Balaban J connectivity index is 1.29. The molecule has 4 nitrogen and oxygen atoms in total. The van der Waals surface area contributed by atoms with Crippen molar-refractivity contribution in [2.75, 3.05) is 4.90 Å². The van der Waals surface area contributed by atoms with Gasteiger partial charge < -0.3 is 13.5 Å². The maximum absolute atomic E-state index is 6.88. The van der Waals surface area contributed by atoms with Crippen LogP contribution in [-0.2, 0) is 0 Å². The third kappa shape index (κ3) is 3.11. The second-order valence-corrected chi connectivity index (χ2v) is 13.2. The molecular weight excluding hydrogens is 597 g/mol. The van der Waals surface area contributed by atoms with Gasteiger partial charge in [-0.15, -0.1) is 0 Å². The van der Waals surface area contributed by atoms with Gasteiger partial charge in [-0.2, -0.15) is 0 Å². The summed E-state index contributed by atoms with van der Waals surface area (Å²) in [7, 11) is 0. The van der Waals surface area contributed by atoms with Crippen molar-refractivity contribution in [2.24, 2.45) is 0 Å². The van der Waals surface area contributed by atoms with Crippen molar-refractivity contribution < 1.29 is 4.42 Å². The van der Waals surface area contributed by atoms with E-state index in [1.54, 1.807) is 0 Å². The van der Waals surface area contributed by atoms with Crippen molar-refractivity contribution in [3.8, 4) is 16.8 Å². The SMILES string of the molecule is c1ccc(N2c3cccc4c3B(c3c2oc2ccccc32)n2c3ccc5c6ccccc6n(-c6ccccc6)c5c3c3cccc-4c32)cc1. The number of aromatic nitrogens is 2. The Morgan fingerprint density at radius 3 is 2.00 bits per heavy atom. The van der Waals surface area contributed by atoms with Crippen molar-refractivity contribution in [1.29, 1.82) is 0 Å². The standard InChI is InChI=1S/C44H26BN3O/c1-3-13-27(14-4-1)46-35-22-9-7-17-29(35)32-25-26-36-39(43(32)46)34-21-11-20-31-30-19-12-23-37-40(30)45(48(36)42(31)34)41-33-18-8-10-24-38(33)49-44(41)47(37)28-15-5-2-6-16-28/h1-26H. The minimum atomic E-state index is -0.0771. The largest absolute Gasteiger partial charge is 0.440 e. The Morgan fingerprint density at radius 1 is 0.449 bits per heavy atom. The average molecular weight is 624 g/mol. The van der Waals surface area contributed by atoms with Crippen LogP contribution in [0.1, 0.15) is 0 Å². The number of nitrogens with zero attached hydrogens (tertiary/aromatic N) is 3. The smallest absolute Gasteiger partial charge is 0.337 e. The molecule has 0 amide bonds. The van der Waals surface area contributed by atoms with Crippen LogP contribution in [-0.4, -0.2) is 15.9 Å². The summed E-state index contributed by atoms with van der Waals surface area (Å²) in [5, 5.41) is 6.23. The lowest BCUT2D eigenvalue weighted by Crippen LogP contribution is -2.56. The Morgan fingerprint density at radius 2 is 1.14 bits per heavy atom. The summed E-state index contributed by atoms with van der Waals surface area (Å²) in [4.78, 5) is 2.33. The molecule has 2 aliphatic heterocycles. The van der Waals surface area contributed by atoms with Gasteiger partial charge in [-0.25, -0.2) is 0 Å². The van der Waals surface area contributed by atoms with Crippen LogP contribution in [0.15, 0.2) is 162 Å². The van der Waals surface area contributed by atoms with Crippen LogP contribution in [0.25, 0.3) is 71.4 Å². The fourth-order valence-corrected chi connectivity index (χ4v) is 9.07. The maximum Gasteiger partial charge on any atom is 0.337 e. The molecular formula is C44H26BN3O. The molecule has 2 aliphatic rings. The highest BCUT2D eigenvalue weighted by molar-refractivity contribution is 6.91. The molecule has 0 radical (unpaired) electrons. The Hall–Kier alpha value is -6.46. The highest BCUT2D eigenvalue weighted by Crippen LogP contribution is 2.48. The van der Waals surface area contributed by atoms with Gasteiger partial charge in [0.05, 0.1) is 11.0 Å². The zero-order valence-electron chi connectivity index (χ0n) is 26.3. The summed E-state index contributed by atoms with van der Waals surface area (Å²) in [6.07, 6.45) is 0. The van der Waals surface area contributed by atoms with Crippen LogP contribution in [0.3, 0.4) is 0 Å². The quantitative estimate of drug-likeness (QED) is 0.179. The predicted molar refractivity (Wildman–Crippen MR) is 204 cm³/mol. The topological polar surface area (TPSA) is 26.2 Å². The molecule has 3 aromatic heterocycles. The average Bonchev–Trinajstić information content (AvgIpc) is 3.82. The van der Waals surface area contributed by atoms with Crippen molar-refractivity contribution in [2.45, 2.75) is 0 Å². The molecule has 0 aliphatic carbocycles. The van der Waals surface area contributed by atoms with Gasteiger partial charge in [0.1, 0.15) is 5.58 Å². The molecule has 12 rings (SSSR count). The molecule has 0 saturated heterocycles. The van der Waals surface area contributed by atoms with Gasteiger partial charge in [-0.3, -0.25) is 4.90 Å². The fraction of sp³-hybridized carbons (Fsp3) is 0. The van der Waals surface area contributed by atoms with Crippen LogP contribution < -0.4 is 15.8 Å². The van der Waals surface area contributed by atoms with Crippen molar-refractivity contribution >= 4 is 89.6 Å². The first-order valence-corrected chi connectivity index (χ1v) is 16.9. The Labute approximate surface area is 281 Å². The summed E-state index contributed by atoms with van der Waals surface area (Å²) in [5.41, 5.74) is 14.3. The molecule has 0 spiro atoms. The van der Waals surface area contributed by atoms with Crippen LogP contribution in [0.5, 0.6) is 0 Å². The van der Waals surface area contributed by atoms with Crippen LogP contribution in [0.2, 0.25) is 0 Å². The van der Waals surface area contributed by atoms with E-state index in [1.807, 2.05) is 0 Å². The number of rotatable bonds is 2. The Kier molecular flexibility index (Phi) is 4.77. The van der Waals surface area contributed by atoms with Gasteiger partial charge in [0.2, 0.25) is 5.88 Å². The molecule has 7 aromatic carbocycles. The lowest BCUT2D eigenvalue weighted by molar-refractivity contribution is 0.622. The van der Waals surface area contributed by atoms with Gasteiger partial charge >= 0.3 is 6.85 Å². The number of benzene rings is 7. The lowest BCUT2D eigenvalue weighted by atomic mass is 9.45. The summed E-state index contributed by atoms with van der Waals surface area (Å²) < 4.78 is 12.0. The second kappa shape index (κ2) is 9.12. The second-order valence-electron chi connectivity index (χ2n) is 13.2. The molecule has 226 valence electrons. The predicted octanol–water partition coefficient (Wildman–Crippen LogP) is 10.1. The summed E-state index contributed by atoms with van der Waals surface area (Å²) >= 11 is 0. The minimum Gasteiger partial charge on any atom is -0.440 e. The van der Waals surface area contributed by atoms with E-state index in [9.17, 15) is 0 Å². The normalized spacial score (nSPS) is 13.2. The summed E-state index contributed by atoms with van der Waals surface area (Å²) in [5.74, 6) is 0.885. The van der Waals surface area contributed by atoms with E-state index in [1.165, 1.54) is 65.7 Å². The van der Waals surface area contributed by atoms with Gasteiger partial charge in [0.15, 0.2) is 0 Å². The third-order valence-electron chi connectivity index (χ3n) is 10.9. The number of anilines is 3. The van der Waals surface area contributed by atoms with E-state index < -0.39 is 0 Å². The molecule has 5 heterocycles. The number of fused-ring (bicyclic) bond motifs is 13. The molecule has 0 N–H and O–H groups in total. The van der Waals surface area contributed by atoms with E-state index >= 15 is 0 Å². The summed E-state index contributed by atoms with van der Waals surface area (Å²) in [6.45, 7) is -0.0771. The minimum absolute atomic E-state index is 0.0771. The van der Waals surface area contributed by atoms with E-state index in [-0.39, 0.29) is 6.85 Å². The highest BCUT2D eigenvalue weighted by atomic mass is 16.4. The molecule has 0 saturated carbocycles. The number of para-hydroxylation sites is 5. The van der Waals surface area contributed by atoms with Crippen molar-refractivity contribution in [1.82, 2.24) is 9.05 Å². The Bertz CT molecular complexity index is 3010. The fourth-order valence-electron chi connectivity index (χ4n) is 9.07. The number of hydrogen-bond acceptors (Lipinski definition) is 2. The van der Waals surface area contributed by atoms with Crippen LogP contribution >= 0.6 is 0 Å². The zero-order valence-corrected chi connectivity index (χ0v) is 26.3. The van der Waals surface area contributed by atoms with Crippen LogP contribution in [0, 0.1) is 0 Å². The highest BCUT2D eigenvalue weighted by Gasteiger charge is 2.45. The van der Waals surface area contributed by atoms with Crippen LogP contribution in [0.4, 0.5) is 17.3 Å². The number of furan rings is 1. The lowest BCUT2D eigenvalue weighted by Gasteiger charge is -2.37. The van der Waals surface area contributed by atoms with Crippen molar-refractivity contribution in [3.05, 3.63) is 158 Å². The van der Waals surface area contributed by atoms with E-state index in [0.29, 0.717) is 0 Å². The first-order valence-electron chi connectivity index (χ1n) is 16.9. The van der Waals surface area contributed by atoms with Gasteiger partial charge in [0.25, 0.3) is 0 Å². The molecule has 5 heteroatoms. The molecule has 0 atom stereocenters. The third-order valence-corrected chi connectivity index (χ3v) is 10.9. The van der Waals surface area contributed by atoms with Gasteiger partial charge in [0, 0.05) is 66.1 Å². The van der Waals surface area contributed by atoms with E-state index in [2.05, 4.69) is 172 Å². The van der Waals surface area contributed by atoms with Gasteiger partial charge in [-0.05, 0) is 59.6 Å². The van der Waals surface area contributed by atoms with E-state index in [4.69, 9.17) is 4.42 Å². The number of hydrogen-bond donors (Lipinski definition) is 0. The molecule has 0 bridgehead atoms. The monoisotopic (exact) mass is 623 g/mol. The summed E-state index contributed by atoms with van der Waals surface area (Å²) in [6, 6.07) is 57.2. The first kappa shape index (κ1) is 25.6. The first-order chi connectivity index (χ1) is 24.4. The molecule has 49 heavy (non-hydrogen) atoms. The van der Waals surface area contributed by atoms with Gasteiger partial charge in [-0.1, -0.05) is 109 Å².